The number of hydrogen-bond donors (Lipinski definition) is 0. The predicted octanol–water partition coefficient (Wildman–Crippen LogP) is 5.74. The van der Waals surface area contributed by atoms with Crippen LogP contribution < -0.4 is 18.9 Å². The fourth-order valence-corrected chi connectivity index (χ4v) is 5.06. The van der Waals surface area contributed by atoms with Gasteiger partial charge in [0.05, 0.1) is 26.2 Å². The Morgan fingerprint density at radius 3 is 2.25 bits per heavy atom. The average Bonchev–Trinajstić information content (AvgIpc) is 3.18. The van der Waals surface area contributed by atoms with Crippen molar-refractivity contribution in [2.75, 3.05) is 27.9 Å². The van der Waals surface area contributed by atoms with Gasteiger partial charge in [-0.05, 0) is 53.5 Å². The molecule has 1 aliphatic rings. The molecule has 1 heterocycles. The van der Waals surface area contributed by atoms with E-state index in [4.69, 9.17) is 31.2 Å². The molecule has 1 fully saturated rings. The number of ether oxygens (including phenoxy) is 4. The molecule has 186 valence electrons. The van der Waals surface area contributed by atoms with Crippen LogP contribution >= 0.6 is 24.0 Å². The molecule has 0 unspecified atom stereocenters. The van der Waals surface area contributed by atoms with Crippen molar-refractivity contribution in [1.82, 2.24) is 4.90 Å². The monoisotopic (exact) mass is 521 g/mol. The van der Waals surface area contributed by atoms with Crippen molar-refractivity contribution in [2.45, 2.75) is 13.0 Å². The van der Waals surface area contributed by atoms with Gasteiger partial charge in [-0.1, -0.05) is 66.4 Å². The summed E-state index contributed by atoms with van der Waals surface area (Å²) in [7, 11) is 4.80. The molecule has 0 aromatic heterocycles. The van der Waals surface area contributed by atoms with Gasteiger partial charge in [0.15, 0.2) is 23.0 Å². The van der Waals surface area contributed by atoms with E-state index in [0.29, 0.717) is 51.8 Å². The summed E-state index contributed by atoms with van der Waals surface area (Å²) in [6.07, 6.45) is 2.47. The van der Waals surface area contributed by atoms with E-state index in [1.807, 2.05) is 72.8 Å². The third kappa shape index (κ3) is 6.01. The van der Waals surface area contributed by atoms with Gasteiger partial charge in [0, 0.05) is 6.54 Å². The molecule has 0 spiro atoms. The molecule has 3 aromatic carbocycles. The Hall–Kier alpha value is -3.49. The second-order valence-electron chi connectivity index (χ2n) is 7.96. The van der Waals surface area contributed by atoms with E-state index in [9.17, 15) is 4.79 Å². The summed E-state index contributed by atoms with van der Waals surface area (Å²) in [5.41, 5.74) is 2.93. The van der Waals surface area contributed by atoms with Gasteiger partial charge in [-0.25, -0.2) is 0 Å². The molecule has 0 saturated carbocycles. The molecule has 0 N–H and O–H groups in total. The van der Waals surface area contributed by atoms with Crippen molar-refractivity contribution in [1.29, 1.82) is 0 Å². The molecule has 36 heavy (non-hydrogen) atoms. The fraction of sp³-hybridized carbons (Fsp3) is 0.214. The molecule has 1 amide bonds. The SMILES string of the molecule is COc1ccc(CCN2C(=O)/C(=C/c3ccc(OCc4ccccc4)c(OC)c3)SC2=S)cc1OC. The number of carbonyl (C=O) groups excluding carboxylic acids is 1. The molecule has 0 aliphatic carbocycles. The maximum absolute atomic E-state index is 13.1. The van der Waals surface area contributed by atoms with Crippen molar-refractivity contribution in [3.05, 3.63) is 88.3 Å². The highest BCUT2D eigenvalue weighted by atomic mass is 32.2. The van der Waals surface area contributed by atoms with Crippen LogP contribution in [-0.2, 0) is 17.8 Å². The van der Waals surface area contributed by atoms with Gasteiger partial charge in [0.2, 0.25) is 0 Å². The zero-order valence-corrected chi connectivity index (χ0v) is 22.0. The maximum atomic E-state index is 13.1. The predicted molar refractivity (Wildman–Crippen MR) is 147 cm³/mol. The van der Waals surface area contributed by atoms with Crippen molar-refractivity contribution in [3.63, 3.8) is 0 Å². The lowest BCUT2D eigenvalue weighted by molar-refractivity contribution is -0.122. The smallest absolute Gasteiger partial charge is 0.266 e. The van der Waals surface area contributed by atoms with Gasteiger partial charge in [-0.15, -0.1) is 0 Å². The largest absolute Gasteiger partial charge is 0.493 e. The Morgan fingerprint density at radius 2 is 1.53 bits per heavy atom. The van der Waals surface area contributed by atoms with Crippen molar-refractivity contribution >= 4 is 40.3 Å². The molecule has 8 heteroatoms. The van der Waals surface area contributed by atoms with Gasteiger partial charge in [-0.3, -0.25) is 9.69 Å². The van der Waals surface area contributed by atoms with Crippen LogP contribution in [0.5, 0.6) is 23.0 Å². The third-order valence-corrected chi connectivity index (χ3v) is 7.05. The van der Waals surface area contributed by atoms with E-state index in [1.54, 1.807) is 26.2 Å². The molecule has 4 rings (SSSR count). The minimum Gasteiger partial charge on any atom is -0.493 e. The van der Waals surface area contributed by atoms with Crippen molar-refractivity contribution < 1.29 is 23.7 Å². The van der Waals surface area contributed by atoms with Crippen LogP contribution in [0.25, 0.3) is 6.08 Å². The van der Waals surface area contributed by atoms with Crippen LogP contribution in [0.2, 0.25) is 0 Å². The first kappa shape index (κ1) is 25.6. The van der Waals surface area contributed by atoms with Crippen molar-refractivity contribution in [3.8, 4) is 23.0 Å². The number of hydrogen-bond acceptors (Lipinski definition) is 7. The summed E-state index contributed by atoms with van der Waals surface area (Å²) in [5, 5.41) is 0. The number of benzene rings is 3. The van der Waals surface area contributed by atoms with Gasteiger partial charge in [-0.2, -0.15) is 0 Å². The standard InChI is InChI=1S/C28H27NO5S2/c1-31-22-11-9-19(15-24(22)32-2)13-14-29-27(30)26(36-28(29)35)17-21-10-12-23(25(16-21)33-3)34-18-20-7-5-4-6-8-20/h4-12,15-17H,13-14,18H2,1-3H3/b26-17-. The lowest BCUT2D eigenvalue weighted by Crippen LogP contribution is -2.30. The van der Waals surface area contributed by atoms with Crippen LogP contribution in [-0.4, -0.2) is 43.0 Å². The Balaban J connectivity index is 1.43. The zero-order valence-electron chi connectivity index (χ0n) is 20.4. The normalized spacial score (nSPS) is 14.3. The summed E-state index contributed by atoms with van der Waals surface area (Å²) in [4.78, 5) is 15.3. The van der Waals surface area contributed by atoms with E-state index in [0.717, 1.165) is 16.7 Å². The topological polar surface area (TPSA) is 57.2 Å². The fourth-order valence-electron chi connectivity index (χ4n) is 3.75. The maximum Gasteiger partial charge on any atom is 0.266 e. The van der Waals surface area contributed by atoms with Gasteiger partial charge >= 0.3 is 0 Å². The molecule has 1 saturated heterocycles. The number of rotatable bonds is 10. The minimum absolute atomic E-state index is 0.103. The van der Waals surface area contributed by atoms with Crippen LogP contribution in [0.15, 0.2) is 71.6 Å². The minimum atomic E-state index is -0.103. The highest BCUT2D eigenvalue weighted by molar-refractivity contribution is 8.26. The average molecular weight is 522 g/mol. The summed E-state index contributed by atoms with van der Waals surface area (Å²) in [6.45, 7) is 0.919. The first-order valence-electron chi connectivity index (χ1n) is 11.3. The van der Waals surface area contributed by atoms with Crippen LogP contribution in [0, 0.1) is 0 Å². The quantitative estimate of drug-likeness (QED) is 0.249. The number of amides is 1. The Labute approximate surface area is 220 Å². The van der Waals surface area contributed by atoms with E-state index in [-0.39, 0.29) is 5.91 Å². The molecular formula is C28H27NO5S2. The van der Waals surface area contributed by atoms with Crippen molar-refractivity contribution in [2.24, 2.45) is 0 Å². The number of carbonyl (C=O) groups is 1. The highest BCUT2D eigenvalue weighted by Crippen LogP contribution is 2.35. The molecule has 0 atom stereocenters. The lowest BCUT2D eigenvalue weighted by atomic mass is 10.1. The first-order chi connectivity index (χ1) is 17.5. The summed E-state index contributed by atoms with van der Waals surface area (Å²) < 4.78 is 22.7. The second kappa shape index (κ2) is 12.0. The van der Waals surface area contributed by atoms with E-state index in [2.05, 4.69) is 0 Å². The second-order valence-corrected chi connectivity index (χ2v) is 9.63. The molecule has 0 radical (unpaired) electrons. The van der Waals surface area contributed by atoms with E-state index >= 15 is 0 Å². The first-order valence-corrected chi connectivity index (χ1v) is 12.6. The van der Waals surface area contributed by atoms with E-state index < -0.39 is 0 Å². The van der Waals surface area contributed by atoms with Crippen LogP contribution in [0.4, 0.5) is 0 Å². The third-order valence-electron chi connectivity index (χ3n) is 5.67. The van der Waals surface area contributed by atoms with Gasteiger partial charge in [0.1, 0.15) is 10.9 Å². The molecule has 3 aromatic rings. The zero-order chi connectivity index (χ0) is 25.5. The number of thioether (sulfide) groups is 1. The lowest BCUT2D eigenvalue weighted by Gasteiger charge is -2.15. The van der Waals surface area contributed by atoms with Gasteiger partial charge < -0.3 is 18.9 Å². The molecule has 0 bridgehead atoms. The number of nitrogens with zero attached hydrogens (tertiary/aromatic N) is 1. The van der Waals surface area contributed by atoms with Crippen LogP contribution in [0.3, 0.4) is 0 Å². The molecule has 6 nitrogen and oxygen atoms in total. The Morgan fingerprint density at radius 1 is 0.833 bits per heavy atom. The number of methoxy groups -OCH3 is 3. The van der Waals surface area contributed by atoms with Crippen LogP contribution in [0.1, 0.15) is 16.7 Å². The number of thiocarbonyl (C=S) groups is 1. The Bertz CT molecular complexity index is 1280. The molecule has 1 aliphatic heterocycles. The molecular weight excluding hydrogens is 494 g/mol. The Kier molecular flexibility index (Phi) is 8.51. The summed E-state index contributed by atoms with van der Waals surface area (Å²) >= 11 is 6.81. The highest BCUT2D eigenvalue weighted by Gasteiger charge is 2.31. The summed E-state index contributed by atoms with van der Waals surface area (Å²) in [6, 6.07) is 21.3. The van der Waals surface area contributed by atoms with E-state index in [1.165, 1.54) is 11.8 Å². The van der Waals surface area contributed by atoms with Gasteiger partial charge in [0.25, 0.3) is 5.91 Å². The summed E-state index contributed by atoms with van der Waals surface area (Å²) in [5.74, 6) is 2.46.